The Morgan fingerprint density at radius 2 is 1.56 bits per heavy atom. The van der Waals surface area contributed by atoms with Gasteiger partial charge in [-0.25, -0.2) is 0 Å². The van der Waals surface area contributed by atoms with Crippen LogP contribution in [0, 0.1) is 11.8 Å². The molecule has 0 bridgehead atoms. The van der Waals surface area contributed by atoms with Gasteiger partial charge in [-0.15, -0.1) is 0 Å². The van der Waals surface area contributed by atoms with Gasteiger partial charge in [-0.1, -0.05) is 81.4 Å². The van der Waals surface area contributed by atoms with E-state index in [-0.39, 0.29) is 58.8 Å². The summed E-state index contributed by atoms with van der Waals surface area (Å²) in [6.45, 7) is 10.4. The van der Waals surface area contributed by atoms with E-state index in [0.29, 0.717) is 23.5 Å². The number of phenols is 1. The van der Waals surface area contributed by atoms with E-state index in [1.807, 2.05) is 92.8 Å². The number of ether oxygens (including phenoxy) is 3. The van der Waals surface area contributed by atoms with Gasteiger partial charge in [-0.05, 0) is 67.3 Å². The summed E-state index contributed by atoms with van der Waals surface area (Å²) in [5.41, 5.74) is 0.519. The highest BCUT2D eigenvalue weighted by Crippen LogP contribution is 2.60. The van der Waals surface area contributed by atoms with Crippen LogP contribution in [0.1, 0.15) is 76.4 Å². The van der Waals surface area contributed by atoms with E-state index < -0.39 is 49.1 Å². The molecule has 1 unspecified atom stereocenters. The molecule has 2 N–H and O–H groups in total. The largest absolute Gasteiger partial charge is 0.508 e. The third-order valence-corrected chi connectivity index (χ3v) is 16.1. The quantitative estimate of drug-likeness (QED) is 0.152. The van der Waals surface area contributed by atoms with Crippen molar-refractivity contribution >= 4 is 19.9 Å². The summed E-state index contributed by atoms with van der Waals surface area (Å²) >= 11 is 0. The molecule has 284 valence electrons. The van der Waals surface area contributed by atoms with Crippen molar-refractivity contribution in [2.75, 3.05) is 21.2 Å². The van der Waals surface area contributed by atoms with Gasteiger partial charge in [-0.3, -0.25) is 14.5 Å². The molecular formula is C42H48N2O9Si. The number of ketones is 2. The van der Waals surface area contributed by atoms with E-state index in [1.165, 1.54) is 13.2 Å². The van der Waals surface area contributed by atoms with Crippen LogP contribution in [0.25, 0.3) is 0 Å². The Balaban J connectivity index is 1.42. The summed E-state index contributed by atoms with van der Waals surface area (Å²) in [5.74, 6) is -2.40. The number of aromatic hydroxyl groups is 1. The van der Waals surface area contributed by atoms with E-state index in [1.54, 1.807) is 0 Å². The predicted molar refractivity (Wildman–Crippen MR) is 204 cm³/mol. The molecule has 7 rings (SSSR count). The third kappa shape index (κ3) is 6.00. The fourth-order valence-electron chi connectivity index (χ4n) is 8.02. The molecule has 54 heavy (non-hydrogen) atoms. The van der Waals surface area contributed by atoms with Gasteiger partial charge in [-0.2, -0.15) is 0 Å². The summed E-state index contributed by atoms with van der Waals surface area (Å²) in [5, 5.41) is 28.0. The second-order valence-electron chi connectivity index (χ2n) is 16.2. The summed E-state index contributed by atoms with van der Waals surface area (Å²) < 4.78 is 31.3. The SMILES string of the molecule is COc1cc(O)c(OCc2ccccc2)c2c1C[C@H]1C[C@H]3[C@H](N(C)C)c4onc(OCc5ccccc5)c4C(=O)C3(O[Si](C)(C)C(C)(C)C)C(O)=C1C2=O. The van der Waals surface area contributed by atoms with Crippen molar-refractivity contribution in [1.82, 2.24) is 10.1 Å². The van der Waals surface area contributed by atoms with Crippen LogP contribution in [-0.4, -0.2) is 67.0 Å². The molecule has 0 saturated heterocycles. The smallest absolute Gasteiger partial charge is 0.265 e. The highest BCUT2D eigenvalue weighted by atomic mass is 28.4. The first kappa shape index (κ1) is 37.4. The van der Waals surface area contributed by atoms with Crippen LogP contribution in [0.3, 0.4) is 0 Å². The lowest BCUT2D eigenvalue weighted by molar-refractivity contribution is -0.0480. The van der Waals surface area contributed by atoms with Crippen LogP contribution >= 0.6 is 0 Å². The molecule has 1 aromatic heterocycles. The van der Waals surface area contributed by atoms with Gasteiger partial charge < -0.3 is 33.4 Å². The highest BCUT2D eigenvalue weighted by Gasteiger charge is 2.67. The molecule has 0 amide bonds. The number of aliphatic hydroxyl groups is 1. The first-order chi connectivity index (χ1) is 25.6. The first-order valence-corrected chi connectivity index (χ1v) is 21.2. The number of nitrogens with zero attached hydrogens (tertiary/aromatic N) is 2. The number of hydrogen-bond acceptors (Lipinski definition) is 11. The molecular weight excluding hydrogens is 705 g/mol. The number of methoxy groups -OCH3 is 1. The number of fused-ring (bicyclic) bond motifs is 4. The van der Waals surface area contributed by atoms with Gasteiger partial charge >= 0.3 is 0 Å². The molecule has 12 heteroatoms. The molecule has 3 aliphatic carbocycles. The van der Waals surface area contributed by atoms with E-state index in [9.17, 15) is 10.2 Å². The van der Waals surface area contributed by atoms with E-state index >= 15 is 9.59 Å². The van der Waals surface area contributed by atoms with Crippen molar-refractivity contribution in [3.8, 4) is 23.1 Å². The lowest BCUT2D eigenvalue weighted by atomic mass is 9.58. The maximum Gasteiger partial charge on any atom is 0.265 e. The minimum atomic E-state index is -2.90. The zero-order valence-corrected chi connectivity index (χ0v) is 33.1. The van der Waals surface area contributed by atoms with Gasteiger partial charge in [0.05, 0.1) is 18.7 Å². The first-order valence-electron chi connectivity index (χ1n) is 18.3. The van der Waals surface area contributed by atoms with Crippen molar-refractivity contribution < 1.29 is 43.0 Å². The average Bonchev–Trinajstić information content (AvgIpc) is 3.55. The zero-order valence-electron chi connectivity index (χ0n) is 32.1. The number of allylic oxidation sites excluding steroid dienone is 1. The van der Waals surface area contributed by atoms with Crippen LogP contribution in [-0.2, 0) is 24.1 Å². The summed E-state index contributed by atoms with van der Waals surface area (Å²) in [4.78, 5) is 32.5. The number of carbonyl (C=O) groups excluding carboxylic acids is 2. The van der Waals surface area contributed by atoms with E-state index in [2.05, 4.69) is 25.9 Å². The Morgan fingerprint density at radius 3 is 2.13 bits per heavy atom. The molecule has 3 aromatic carbocycles. The Labute approximate surface area is 316 Å². The number of rotatable bonds is 10. The molecule has 3 aliphatic rings. The standard InChI is InChI=1S/C42H48N2O9Si/c1-41(2,3)54(7,8)53-42-28(34(44(4)5)37-33(39(42)48)40(43-52-37)51-23-25-17-13-10-14-18-25)20-26-19-27-30(49-6)21-29(45)36(32(27)35(46)31(26)38(42)47)50-22-24-15-11-9-12-16-24/h9-18,21,26,28,34,45,47H,19-20,22-23H2,1-8H3/t26-,28-,34-,42?/m0/s1. The maximum atomic E-state index is 15.5. The van der Waals surface area contributed by atoms with Gasteiger partial charge in [0.15, 0.2) is 37.0 Å². The normalized spacial score (nSPS) is 22.4. The predicted octanol–water partition coefficient (Wildman–Crippen LogP) is 7.99. The Kier molecular flexibility index (Phi) is 9.52. The number of aromatic nitrogens is 1. The number of carbonyl (C=O) groups is 2. The van der Waals surface area contributed by atoms with Gasteiger partial charge in [0.25, 0.3) is 5.88 Å². The van der Waals surface area contributed by atoms with E-state index in [4.69, 9.17) is 23.2 Å². The second-order valence-corrected chi connectivity index (χ2v) is 21.0. The molecule has 0 spiro atoms. The number of aliphatic hydroxyl groups excluding tert-OH is 1. The van der Waals surface area contributed by atoms with Crippen LogP contribution in [0.2, 0.25) is 18.1 Å². The fraction of sp³-hybridized carbons (Fsp3) is 0.405. The summed E-state index contributed by atoms with van der Waals surface area (Å²) in [6.07, 6.45) is 0.569. The molecule has 4 aromatic rings. The second kappa shape index (κ2) is 13.7. The van der Waals surface area contributed by atoms with Crippen LogP contribution < -0.4 is 14.2 Å². The molecule has 4 atom stereocenters. The molecule has 11 nitrogen and oxygen atoms in total. The monoisotopic (exact) mass is 752 g/mol. The lowest BCUT2D eigenvalue weighted by Crippen LogP contribution is -2.65. The Morgan fingerprint density at radius 1 is 0.944 bits per heavy atom. The fourth-order valence-corrected chi connectivity index (χ4v) is 9.48. The number of phenolic OH excluding ortho intramolecular Hbond substituents is 1. The Bertz CT molecular complexity index is 2120. The van der Waals surface area contributed by atoms with Crippen LogP contribution in [0.4, 0.5) is 0 Å². The topological polar surface area (TPSA) is 141 Å². The third-order valence-electron chi connectivity index (χ3n) is 11.7. The van der Waals surface area contributed by atoms with Crippen molar-refractivity contribution in [3.63, 3.8) is 0 Å². The maximum absolute atomic E-state index is 15.5. The minimum absolute atomic E-state index is 0.00569. The van der Waals surface area contributed by atoms with Crippen molar-refractivity contribution in [2.24, 2.45) is 11.8 Å². The van der Waals surface area contributed by atoms with Gasteiger partial charge in [0.1, 0.15) is 30.3 Å². The Hall–Kier alpha value is -4.91. The van der Waals surface area contributed by atoms with Crippen molar-refractivity contribution in [2.45, 2.75) is 76.6 Å². The van der Waals surface area contributed by atoms with Crippen molar-refractivity contribution in [1.29, 1.82) is 0 Å². The number of hydrogen-bond donors (Lipinski definition) is 2. The van der Waals surface area contributed by atoms with Gasteiger partial charge in [0.2, 0.25) is 5.78 Å². The van der Waals surface area contributed by atoms with Gasteiger partial charge in [0, 0.05) is 23.1 Å². The molecule has 0 radical (unpaired) electrons. The van der Waals surface area contributed by atoms with Crippen molar-refractivity contribution in [3.05, 3.63) is 112 Å². The zero-order chi connectivity index (χ0) is 38.7. The molecule has 0 saturated carbocycles. The van der Waals surface area contributed by atoms with E-state index in [0.717, 1.165) is 11.1 Å². The molecule has 1 heterocycles. The average molecular weight is 753 g/mol. The molecule has 0 aliphatic heterocycles. The lowest BCUT2D eigenvalue weighted by Gasteiger charge is -2.55. The summed E-state index contributed by atoms with van der Waals surface area (Å²) in [7, 11) is 2.35. The summed E-state index contributed by atoms with van der Waals surface area (Å²) in [6, 6.07) is 19.8. The van der Waals surface area contributed by atoms with Crippen LogP contribution in [0.15, 0.2) is 82.6 Å². The number of benzene rings is 3. The molecule has 0 fully saturated rings. The number of Topliss-reactive ketones (excluding diaryl/α,β-unsaturated/α-hetero) is 2. The highest BCUT2D eigenvalue weighted by molar-refractivity contribution is 6.74. The van der Waals surface area contributed by atoms with Crippen LogP contribution in [0.5, 0.6) is 23.1 Å². The minimum Gasteiger partial charge on any atom is -0.508 e.